The highest BCUT2D eigenvalue weighted by Gasteiger charge is 2.16. The van der Waals surface area contributed by atoms with E-state index in [4.69, 9.17) is 5.11 Å². The number of hydrogen-bond donors (Lipinski definition) is 4. The highest BCUT2D eigenvalue weighted by molar-refractivity contribution is 8.00. The minimum atomic E-state index is -1.08. The molecule has 5 rings (SSSR count). The Hall–Kier alpha value is -5.93. The van der Waals surface area contributed by atoms with Gasteiger partial charge in [-0.05, 0) is 71.3 Å². The lowest BCUT2D eigenvalue weighted by atomic mass is 10.0. The maximum absolute atomic E-state index is 13.5. The summed E-state index contributed by atoms with van der Waals surface area (Å²) < 4.78 is 0. The Balaban J connectivity index is 1.28. The van der Waals surface area contributed by atoms with Gasteiger partial charge in [0.2, 0.25) is 5.91 Å². The molecule has 0 fully saturated rings. The number of rotatable bonds is 11. The number of carboxylic acids is 1. The molecule has 0 aromatic heterocycles. The molecular weight excluding hydrogens is 598 g/mol. The zero-order chi connectivity index (χ0) is 32.3. The van der Waals surface area contributed by atoms with Gasteiger partial charge in [-0.15, -0.1) is 11.8 Å². The van der Waals surface area contributed by atoms with Crippen LogP contribution in [0.25, 0.3) is 17.2 Å². The summed E-state index contributed by atoms with van der Waals surface area (Å²) >= 11 is 1.25. The molecule has 0 aliphatic heterocycles. The van der Waals surface area contributed by atoms with Gasteiger partial charge in [0.05, 0.1) is 11.3 Å². The average molecular weight is 628 g/mol. The van der Waals surface area contributed by atoms with E-state index in [-0.39, 0.29) is 22.9 Å². The first kappa shape index (κ1) is 31.5. The van der Waals surface area contributed by atoms with E-state index in [0.29, 0.717) is 16.9 Å². The molecule has 5 aromatic rings. The number of thioether (sulfide) groups is 1. The van der Waals surface area contributed by atoms with Crippen molar-refractivity contribution in [3.05, 3.63) is 156 Å². The molecule has 0 aliphatic carbocycles. The predicted molar refractivity (Wildman–Crippen MR) is 182 cm³/mol. The van der Waals surface area contributed by atoms with Crippen molar-refractivity contribution in [1.82, 2.24) is 5.32 Å². The van der Waals surface area contributed by atoms with Crippen LogP contribution in [-0.4, -0.2) is 34.6 Å². The number of hydrogen-bond acceptors (Lipinski definition) is 5. The number of amides is 3. The largest absolute Gasteiger partial charge is 0.478 e. The van der Waals surface area contributed by atoms with E-state index in [9.17, 15) is 19.2 Å². The third kappa shape index (κ3) is 8.81. The summed E-state index contributed by atoms with van der Waals surface area (Å²) in [6, 6.07) is 39.2. The van der Waals surface area contributed by atoms with E-state index in [1.54, 1.807) is 72.8 Å². The normalized spacial score (nSPS) is 10.9. The van der Waals surface area contributed by atoms with Gasteiger partial charge < -0.3 is 21.1 Å². The van der Waals surface area contributed by atoms with E-state index in [1.807, 2.05) is 54.6 Å². The van der Waals surface area contributed by atoms with Gasteiger partial charge in [0, 0.05) is 21.8 Å². The van der Waals surface area contributed by atoms with E-state index in [2.05, 4.69) is 16.0 Å². The van der Waals surface area contributed by atoms with Crippen LogP contribution in [0.3, 0.4) is 0 Å². The van der Waals surface area contributed by atoms with Crippen molar-refractivity contribution in [3.8, 4) is 11.1 Å². The molecule has 0 bridgehead atoms. The van der Waals surface area contributed by atoms with Gasteiger partial charge in [-0.2, -0.15) is 0 Å². The minimum absolute atomic E-state index is 0.0577. The van der Waals surface area contributed by atoms with Gasteiger partial charge in [0.1, 0.15) is 5.70 Å². The van der Waals surface area contributed by atoms with E-state index < -0.39 is 17.8 Å². The van der Waals surface area contributed by atoms with Gasteiger partial charge >= 0.3 is 5.97 Å². The van der Waals surface area contributed by atoms with Crippen molar-refractivity contribution < 1.29 is 24.3 Å². The molecule has 9 heteroatoms. The Bertz CT molecular complexity index is 1890. The van der Waals surface area contributed by atoms with Crippen molar-refractivity contribution in [3.63, 3.8) is 0 Å². The smallest absolute Gasteiger partial charge is 0.335 e. The molecule has 0 aliphatic rings. The third-order valence-corrected chi connectivity index (χ3v) is 7.71. The quantitative estimate of drug-likeness (QED) is 0.0908. The number of nitrogens with one attached hydrogen (secondary N) is 3. The van der Waals surface area contributed by atoms with E-state index >= 15 is 0 Å². The van der Waals surface area contributed by atoms with Gasteiger partial charge in [0.25, 0.3) is 11.8 Å². The molecule has 0 unspecified atom stereocenters. The zero-order valence-electron chi connectivity index (χ0n) is 24.5. The number of carbonyl (C=O) groups excluding carboxylic acids is 3. The molecular formula is C37H29N3O5S. The monoisotopic (exact) mass is 627 g/mol. The SMILES string of the molecule is O=C(CSc1cccc(NC(=O)/C(=C\c2ccc(-c3ccccc3)cc2)NC(=O)c2ccccc2)c1)Nc1cccc(C(=O)O)c1. The zero-order valence-corrected chi connectivity index (χ0v) is 25.3. The van der Waals surface area contributed by atoms with Crippen LogP contribution < -0.4 is 16.0 Å². The maximum atomic E-state index is 13.5. The van der Waals surface area contributed by atoms with Crippen molar-refractivity contribution in [2.45, 2.75) is 4.90 Å². The highest BCUT2D eigenvalue weighted by Crippen LogP contribution is 2.24. The second-order valence-electron chi connectivity index (χ2n) is 10.1. The fraction of sp³-hybridized carbons (Fsp3) is 0.0270. The van der Waals surface area contributed by atoms with Crippen LogP contribution in [0.15, 0.2) is 144 Å². The highest BCUT2D eigenvalue weighted by atomic mass is 32.2. The van der Waals surface area contributed by atoms with Crippen LogP contribution in [0.1, 0.15) is 26.3 Å². The Morgan fingerprint density at radius 1 is 0.630 bits per heavy atom. The number of carbonyl (C=O) groups is 4. The van der Waals surface area contributed by atoms with Crippen LogP contribution in [-0.2, 0) is 9.59 Å². The summed E-state index contributed by atoms with van der Waals surface area (Å²) in [4.78, 5) is 51.0. The maximum Gasteiger partial charge on any atom is 0.335 e. The minimum Gasteiger partial charge on any atom is -0.478 e. The standard InChI is InChI=1S/C37H29N3O5S/c41-34(38-30-14-7-13-29(22-30)37(44)45)24-46-32-16-8-15-31(23-32)39-36(43)33(40-35(42)28-11-5-2-6-12-28)21-25-17-19-27(20-18-25)26-9-3-1-4-10-26/h1-23H,24H2,(H,38,41)(H,39,43)(H,40,42)(H,44,45)/b33-21+. The summed E-state index contributed by atoms with van der Waals surface area (Å²) in [5, 5.41) is 17.5. The molecule has 4 N–H and O–H groups in total. The van der Waals surface area contributed by atoms with E-state index in [1.165, 1.54) is 23.9 Å². The van der Waals surface area contributed by atoms with E-state index in [0.717, 1.165) is 21.6 Å². The van der Waals surface area contributed by atoms with Crippen molar-refractivity contribution in [1.29, 1.82) is 0 Å². The molecule has 46 heavy (non-hydrogen) atoms. The van der Waals surface area contributed by atoms with Crippen molar-refractivity contribution >= 4 is 52.9 Å². The Morgan fingerprint density at radius 2 is 1.24 bits per heavy atom. The van der Waals surface area contributed by atoms with Crippen molar-refractivity contribution in [2.24, 2.45) is 0 Å². The predicted octanol–water partition coefficient (Wildman–Crippen LogP) is 7.19. The fourth-order valence-electron chi connectivity index (χ4n) is 4.45. The summed E-state index contributed by atoms with van der Waals surface area (Å²) in [6.45, 7) is 0. The van der Waals surface area contributed by atoms with Crippen LogP contribution in [0, 0.1) is 0 Å². The second kappa shape index (κ2) is 15.2. The van der Waals surface area contributed by atoms with Crippen LogP contribution >= 0.6 is 11.8 Å². The number of anilines is 2. The molecule has 8 nitrogen and oxygen atoms in total. The third-order valence-electron chi connectivity index (χ3n) is 6.71. The van der Waals surface area contributed by atoms with Gasteiger partial charge in [0.15, 0.2) is 0 Å². The lowest BCUT2D eigenvalue weighted by Gasteiger charge is -2.12. The first-order valence-corrected chi connectivity index (χ1v) is 15.2. The number of aromatic carboxylic acids is 1. The summed E-state index contributed by atoms with van der Waals surface area (Å²) in [7, 11) is 0. The number of carboxylic acid groups (broad SMARTS) is 1. The average Bonchev–Trinajstić information content (AvgIpc) is 3.08. The van der Waals surface area contributed by atoms with Gasteiger partial charge in [-0.3, -0.25) is 14.4 Å². The molecule has 228 valence electrons. The molecule has 0 spiro atoms. The Labute approximate surface area is 270 Å². The van der Waals surface area contributed by atoms with Crippen LogP contribution in [0.4, 0.5) is 11.4 Å². The lowest BCUT2D eigenvalue weighted by molar-refractivity contribution is -0.114. The Kier molecular flexibility index (Phi) is 10.4. The van der Waals surface area contributed by atoms with Gasteiger partial charge in [-0.1, -0.05) is 84.9 Å². The van der Waals surface area contributed by atoms with Crippen molar-refractivity contribution in [2.75, 3.05) is 16.4 Å². The summed E-state index contributed by atoms with van der Waals surface area (Å²) in [5.74, 6) is -2.27. The Morgan fingerprint density at radius 3 is 1.93 bits per heavy atom. The first-order valence-electron chi connectivity index (χ1n) is 14.2. The molecule has 0 saturated carbocycles. The molecule has 5 aromatic carbocycles. The molecule has 0 saturated heterocycles. The topological polar surface area (TPSA) is 125 Å². The van der Waals surface area contributed by atoms with Gasteiger partial charge in [-0.25, -0.2) is 4.79 Å². The first-order chi connectivity index (χ1) is 22.3. The second-order valence-corrected chi connectivity index (χ2v) is 11.1. The fourth-order valence-corrected chi connectivity index (χ4v) is 5.20. The molecule has 0 atom stereocenters. The summed E-state index contributed by atoms with van der Waals surface area (Å²) in [5.41, 5.74) is 4.22. The van der Waals surface area contributed by atoms with Crippen LogP contribution in [0.2, 0.25) is 0 Å². The molecule has 0 heterocycles. The molecule has 3 amide bonds. The van der Waals surface area contributed by atoms with Crippen LogP contribution in [0.5, 0.6) is 0 Å². The molecule has 0 radical (unpaired) electrons. The lowest BCUT2D eigenvalue weighted by Crippen LogP contribution is -2.30. The summed E-state index contributed by atoms with van der Waals surface area (Å²) in [6.07, 6.45) is 1.62. The number of benzene rings is 5.